The van der Waals surface area contributed by atoms with Crippen LogP contribution in [0.15, 0.2) is 72.3 Å². The quantitative estimate of drug-likeness (QED) is 0.495. The van der Waals surface area contributed by atoms with Crippen molar-refractivity contribution >= 4 is 5.71 Å². The van der Waals surface area contributed by atoms with Crippen LogP contribution in [-0.2, 0) is 0 Å². The molecular weight excluding hydrogens is 242 g/mol. The number of rotatable bonds is 6. The van der Waals surface area contributed by atoms with Gasteiger partial charge in [-0.3, -0.25) is 4.99 Å². The summed E-state index contributed by atoms with van der Waals surface area (Å²) in [6.07, 6.45) is 6.74. The zero-order valence-corrected chi connectivity index (χ0v) is 12.9. The van der Waals surface area contributed by atoms with Crippen LogP contribution in [0.25, 0.3) is 0 Å². The van der Waals surface area contributed by atoms with Crippen molar-refractivity contribution in [2.45, 2.75) is 27.2 Å². The molecule has 0 unspecified atom stereocenters. The van der Waals surface area contributed by atoms with Gasteiger partial charge in [-0.1, -0.05) is 76.4 Å². The summed E-state index contributed by atoms with van der Waals surface area (Å²) in [4.78, 5) is 4.70. The van der Waals surface area contributed by atoms with Crippen LogP contribution in [0.5, 0.6) is 0 Å². The fraction of sp³-hybridized carbons (Fsp3) is 0.316. The molecule has 0 aromatic heterocycles. The van der Waals surface area contributed by atoms with Crippen LogP contribution in [-0.4, -0.2) is 12.3 Å². The minimum Gasteiger partial charge on any atom is -0.280 e. The highest BCUT2D eigenvalue weighted by Gasteiger charge is 2.12. The SMILES string of the molecule is C=C/C=C(\CN=C(C=C)c1ccccc1)CC(C)(C)C. The molecule has 0 amide bonds. The zero-order valence-electron chi connectivity index (χ0n) is 12.9. The second kappa shape index (κ2) is 7.64. The van der Waals surface area contributed by atoms with E-state index in [1.165, 1.54) is 5.57 Å². The van der Waals surface area contributed by atoms with Crippen molar-refractivity contribution in [1.29, 1.82) is 0 Å². The van der Waals surface area contributed by atoms with Gasteiger partial charge in [-0.25, -0.2) is 0 Å². The first-order valence-corrected chi connectivity index (χ1v) is 6.99. The number of hydrogen-bond acceptors (Lipinski definition) is 1. The molecule has 1 nitrogen and oxygen atoms in total. The Kier molecular flexibility index (Phi) is 6.17. The molecule has 0 heterocycles. The van der Waals surface area contributed by atoms with Crippen molar-refractivity contribution in [2.24, 2.45) is 10.4 Å². The molecular formula is C19H25N. The number of aliphatic imine (C=N–C) groups is 1. The van der Waals surface area contributed by atoms with E-state index in [2.05, 4.69) is 52.1 Å². The van der Waals surface area contributed by atoms with Gasteiger partial charge in [0.2, 0.25) is 0 Å². The molecule has 0 fully saturated rings. The van der Waals surface area contributed by atoms with Crippen molar-refractivity contribution in [3.05, 3.63) is 72.9 Å². The Labute approximate surface area is 123 Å². The second-order valence-corrected chi connectivity index (χ2v) is 6.07. The molecule has 1 aromatic carbocycles. The molecule has 1 rings (SSSR count). The second-order valence-electron chi connectivity index (χ2n) is 6.07. The van der Waals surface area contributed by atoms with E-state index in [0.29, 0.717) is 6.54 Å². The van der Waals surface area contributed by atoms with E-state index in [1.54, 1.807) is 0 Å². The standard InChI is InChI=1S/C19H25N/c1-6-11-16(14-19(3,4)5)15-20-18(7-2)17-12-9-8-10-13-17/h6-13H,1-2,14-15H2,3-5H3/b16-11-,20-18?. The van der Waals surface area contributed by atoms with Crippen molar-refractivity contribution < 1.29 is 0 Å². The molecule has 0 radical (unpaired) electrons. The van der Waals surface area contributed by atoms with Crippen molar-refractivity contribution in [3.8, 4) is 0 Å². The van der Waals surface area contributed by atoms with Crippen molar-refractivity contribution in [3.63, 3.8) is 0 Å². The predicted octanol–water partition coefficient (Wildman–Crippen LogP) is 5.21. The summed E-state index contributed by atoms with van der Waals surface area (Å²) in [5.74, 6) is 0. The highest BCUT2D eigenvalue weighted by molar-refractivity contribution is 6.08. The van der Waals surface area contributed by atoms with E-state index in [0.717, 1.165) is 17.7 Å². The molecule has 0 N–H and O–H groups in total. The van der Waals surface area contributed by atoms with E-state index in [4.69, 9.17) is 4.99 Å². The van der Waals surface area contributed by atoms with Gasteiger partial charge in [0.05, 0.1) is 12.3 Å². The summed E-state index contributed by atoms with van der Waals surface area (Å²) in [7, 11) is 0. The molecule has 0 atom stereocenters. The van der Waals surface area contributed by atoms with Crippen LogP contribution in [0, 0.1) is 5.41 Å². The maximum Gasteiger partial charge on any atom is 0.0644 e. The van der Waals surface area contributed by atoms with Crippen LogP contribution in [0.3, 0.4) is 0 Å². The Balaban J connectivity index is 2.88. The number of hydrogen-bond donors (Lipinski definition) is 0. The Morgan fingerprint density at radius 2 is 1.80 bits per heavy atom. The summed E-state index contributed by atoms with van der Waals surface area (Å²) in [6, 6.07) is 10.2. The molecule has 0 spiro atoms. The van der Waals surface area contributed by atoms with Crippen molar-refractivity contribution in [2.75, 3.05) is 6.54 Å². The van der Waals surface area contributed by atoms with Gasteiger partial charge in [0, 0.05) is 0 Å². The highest BCUT2D eigenvalue weighted by Crippen LogP contribution is 2.24. The monoisotopic (exact) mass is 267 g/mol. The lowest BCUT2D eigenvalue weighted by Crippen LogP contribution is -2.09. The van der Waals surface area contributed by atoms with Crippen molar-refractivity contribution in [1.82, 2.24) is 0 Å². The molecule has 106 valence electrons. The summed E-state index contributed by atoms with van der Waals surface area (Å²) in [6.45, 7) is 15.1. The normalized spacial score (nSPS) is 13.2. The lowest BCUT2D eigenvalue weighted by molar-refractivity contribution is 0.407. The minimum absolute atomic E-state index is 0.255. The largest absolute Gasteiger partial charge is 0.280 e. The average Bonchev–Trinajstić information content (AvgIpc) is 2.39. The zero-order chi connectivity index (χ0) is 15.0. The number of allylic oxidation sites excluding steroid dienone is 3. The van der Waals surface area contributed by atoms with Crippen LogP contribution in [0.4, 0.5) is 0 Å². The third kappa shape index (κ3) is 5.83. The van der Waals surface area contributed by atoms with Crippen LogP contribution >= 0.6 is 0 Å². The molecule has 0 saturated carbocycles. The minimum atomic E-state index is 0.255. The summed E-state index contributed by atoms with van der Waals surface area (Å²) in [5, 5.41) is 0. The van der Waals surface area contributed by atoms with E-state index >= 15 is 0 Å². The van der Waals surface area contributed by atoms with Gasteiger partial charge in [0.25, 0.3) is 0 Å². The molecule has 0 saturated heterocycles. The highest BCUT2D eigenvalue weighted by atomic mass is 14.7. The van der Waals surface area contributed by atoms with Gasteiger partial charge in [0.1, 0.15) is 0 Å². The lowest BCUT2D eigenvalue weighted by atomic mass is 9.87. The Morgan fingerprint density at radius 3 is 2.30 bits per heavy atom. The fourth-order valence-electron chi connectivity index (χ4n) is 2.08. The number of benzene rings is 1. The lowest BCUT2D eigenvalue weighted by Gasteiger charge is -2.19. The Hall–Kier alpha value is -1.89. The topological polar surface area (TPSA) is 12.4 Å². The number of nitrogens with zero attached hydrogens (tertiary/aromatic N) is 1. The van der Waals surface area contributed by atoms with Crippen LogP contribution < -0.4 is 0 Å². The van der Waals surface area contributed by atoms with Gasteiger partial charge in [-0.2, -0.15) is 0 Å². The maximum atomic E-state index is 4.70. The first-order chi connectivity index (χ1) is 9.46. The van der Waals surface area contributed by atoms with E-state index < -0.39 is 0 Å². The van der Waals surface area contributed by atoms with Gasteiger partial charge < -0.3 is 0 Å². The third-order valence-electron chi connectivity index (χ3n) is 2.83. The van der Waals surface area contributed by atoms with Crippen LogP contribution in [0.1, 0.15) is 32.8 Å². The molecule has 20 heavy (non-hydrogen) atoms. The smallest absolute Gasteiger partial charge is 0.0644 e. The van der Waals surface area contributed by atoms with Gasteiger partial charge in [0.15, 0.2) is 0 Å². The Bertz CT molecular complexity index is 498. The first kappa shape index (κ1) is 16.2. The van der Waals surface area contributed by atoms with E-state index in [1.807, 2.05) is 30.4 Å². The molecule has 0 bridgehead atoms. The van der Waals surface area contributed by atoms with Crippen LogP contribution in [0.2, 0.25) is 0 Å². The molecule has 0 aliphatic carbocycles. The average molecular weight is 267 g/mol. The first-order valence-electron chi connectivity index (χ1n) is 6.99. The Morgan fingerprint density at radius 1 is 1.15 bits per heavy atom. The van der Waals surface area contributed by atoms with E-state index in [9.17, 15) is 0 Å². The van der Waals surface area contributed by atoms with E-state index in [-0.39, 0.29) is 5.41 Å². The summed E-state index contributed by atoms with van der Waals surface area (Å²) < 4.78 is 0. The van der Waals surface area contributed by atoms with Gasteiger partial charge in [-0.15, -0.1) is 0 Å². The molecule has 0 aliphatic rings. The fourth-order valence-corrected chi connectivity index (χ4v) is 2.08. The third-order valence-corrected chi connectivity index (χ3v) is 2.83. The molecule has 1 heteroatoms. The predicted molar refractivity (Wildman–Crippen MR) is 90.4 cm³/mol. The van der Waals surface area contributed by atoms with Gasteiger partial charge >= 0.3 is 0 Å². The summed E-state index contributed by atoms with van der Waals surface area (Å²) >= 11 is 0. The molecule has 0 aliphatic heterocycles. The maximum absolute atomic E-state index is 4.70. The van der Waals surface area contributed by atoms with Gasteiger partial charge in [-0.05, 0) is 29.0 Å². The molecule has 1 aromatic rings. The summed E-state index contributed by atoms with van der Waals surface area (Å²) in [5.41, 5.74) is 3.60.